The van der Waals surface area contributed by atoms with Crippen LogP contribution in [0.2, 0.25) is 0 Å². The lowest BCUT2D eigenvalue weighted by molar-refractivity contribution is -0.577. The van der Waals surface area contributed by atoms with E-state index in [9.17, 15) is 28.4 Å². The number of nitrogens with zero attached hydrogens (tertiary/aromatic N) is 3. The third-order valence-corrected chi connectivity index (χ3v) is 6.17. The molecule has 0 spiro atoms. The van der Waals surface area contributed by atoms with Crippen LogP contribution >= 0.6 is 0 Å². The molecule has 1 aliphatic rings. The monoisotopic (exact) mass is 449 g/mol. The molecular formula is C22H15N3O6S. The molecule has 0 fully saturated rings. The Morgan fingerprint density at radius 3 is 2.12 bits per heavy atom. The first-order valence-electron chi connectivity index (χ1n) is 9.32. The molecule has 0 N–H and O–H groups in total. The third-order valence-electron chi connectivity index (χ3n) is 4.88. The summed E-state index contributed by atoms with van der Waals surface area (Å²) in [5, 5.41) is 24.1. The highest BCUT2D eigenvalue weighted by Crippen LogP contribution is 2.28. The van der Waals surface area contributed by atoms with Crippen molar-refractivity contribution in [2.45, 2.75) is 11.8 Å². The highest BCUT2D eigenvalue weighted by molar-refractivity contribution is 7.90. The van der Waals surface area contributed by atoms with Gasteiger partial charge in [-0.25, -0.2) is 0 Å². The molecule has 0 atom stereocenters. The van der Waals surface area contributed by atoms with E-state index >= 15 is 0 Å². The van der Waals surface area contributed by atoms with Gasteiger partial charge in [-0.2, -0.15) is 13.0 Å². The van der Waals surface area contributed by atoms with Gasteiger partial charge in [-0.3, -0.25) is 14.9 Å². The topological polar surface area (TPSA) is 134 Å². The van der Waals surface area contributed by atoms with Crippen molar-refractivity contribution < 1.29 is 27.8 Å². The van der Waals surface area contributed by atoms with Crippen LogP contribution < -0.4 is 9.67 Å². The fourth-order valence-electron chi connectivity index (χ4n) is 3.24. The number of fused-ring (bicyclic) bond motifs is 1. The van der Waals surface area contributed by atoms with Crippen molar-refractivity contribution >= 4 is 38.7 Å². The number of aryl methyl sites for hydroxylation is 1. The second-order valence-electron chi connectivity index (χ2n) is 7.00. The molecule has 32 heavy (non-hydrogen) atoms. The van der Waals surface area contributed by atoms with Crippen molar-refractivity contribution in [3.8, 4) is 0 Å². The number of hydrogen-bond acceptors (Lipinski definition) is 6. The molecule has 0 amide bonds. The molecule has 0 bridgehead atoms. The number of hydrogen-bond donors (Lipinski definition) is 0. The lowest BCUT2D eigenvalue weighted by atomic mass is 9.91. The molecule has 160 valence electrons. The molecule has 4 rings (SSSR count). The van der Waals surface area contributed by atoms with Gasteiger partial charge in [-0.15, -0.1) is 4.40 Å². The second-order valence-corrected chi connectivity index (χ2v) is 8.61. The van der Waals surface area contributed by atoms with Gasteiger partial charge < -0.3 is 5.11 Å². The van der Waals surface area contributed by atoms with Crippen LogP contribution in [0.15, 0.2) is 82.4 Å². The molecule has 3 aromatic rings. The van der Waals surface area contributed by atoms with Gasteiger partial charge in [0.1, 0.15) is 0 Å². The van der Waals surface area contributed by atoms with Crippen LogP contribution in [0.1, 0.15) is 21.5 Å². The largest absolute Gasteiger partial charge is 0.867 e. The van der Waals surface area contributed by atoms with Crippen molar-refractivity contribution in [2.75, 3.05) is 0 Å². The molecule has 1 aromatic heterocycles. The number of non-ortho nitro benzene ring substituents is 1. The Hall–Kier alpha value is -4.18. The number of carbonyl (C=O) groups is 1. The van der Waals surface area contributed by atoms with Crippen LogP contribution in [-0.4, -0.2) is 24.8 Å². The van der Waals surface area contributed by atoms with Crippen LogP contribution in [0.3, 0.4) is 0 Å². The highest BCUT2D eigenvalue weighted by atomic mass is 32.2. The summed E-state index contributed by atoms with van der Waals surface area (Å²) in [5.74, 6) is -1.26. The Bertz CT molecular complexity index is 1420. The van der Waals surface area contributed by atoms with E-state index < -0.39 is 32.2 Å². The number of benzene rings is 2. The summed E-state index contributed by atoms with van der Waals surface area (Å²) in [4.78, 5) is 23.0. The van der Waals surface area contributed by atoms with E-state index in [4.69, 9.17) is 0 Å². The van der Waals surface area contributed by atoms with Gasteiger partial charge in [-0.1, -0.05) is 24.3 Å². The number of pyridine rings is 1. The lowest BCUT2D eigenvalue weighted by Gasteiger charge is -2.23. The Morgan fingerprint density at radius 1 is 0.938 bits per heavy atom. The molecule has 0 aliphatic heterocycles. The number of nitro benzene ring substituents is 1. The summed E-state index contributed by atoms with van der Waals surface area (Å²) in [6.07, 6.45) is 3.08. The lowest BCUT2D eigenvalue weighted by Crippen LogP contribution is -2.43. The summed E-state index contributed by atoms with van der Waals surface area (Å²) >= 11 is 0. The Morgan fingerprint density at radius 2 is 1.53 bits per heavy atom. The van der Waals surface area contributed by atoms with E-state index in [1.165, 1.54) is 29.1 Å². The predicted octanol–water partition coefficient (Wildman–Crippen LogP) is 1.90. The smallest absolute Gasteiger partial charge is 0.283 e. The van der Waals surface area contributed by atoms with E-state index in [-0.39, 0.29) is 27.4 Å². The van der Waals surface area contributed by atoms with Crippen molar-refractivity contribution in [2.24, 2.45) is 4.40 Å². The quantitative estimate of drug-likeness (QED) is 0.339. The summed E-state index contributed by atoms with van der Waals surface area (Å²) in [5.41, 5.74) is 0.0738. The highest BCUT2D eigenvalue weighted by Gasteiger charge is 2.35. The molecule has 0 saturated carbocycles. The molecule has 1 aliphatic carbocycles. The minimum atomic E-state index is -4.45. The van der Waals surface area contributed by atoms with Gasteiger partial charge >= 0.3 is 0 Å². The number of aromatic nitrogens is 1. The van der Waals surface area contributed by atoms with Gasteiger partial charge in [0.25, 0.3) is 15.7 Å². The van der Waals surface area contributed by atoms with Gasteiger partial charge in [0.05, 0.1) is 9.82 Å². The standard InChI is InChI=1S/C22H15N3O6S/c1-14-10-12-24(13-11-14)20-19(21(26)17-4-2-3-5-18(17)22(20)27)23-32(30,31)16-8-6-15(7-9-16)25(28)29/h2-13H,1H3. The van der Waals surface area contributed by atoms with Gasteiger partial charge in [0.15, 0.2) is 18.1 Å². The first-order chi connectivity index (χ1) is 15.2. The molecule has 2 aromatic carbocycles. The van der Waals surface area contributed by atoms with E-state index in [1.54, 1.807) is 24.3 Å². The molecule has 0 saturated heterocycles. The fourth-order valence-corrected chi connectivity index (χ4v) is 4.23. The minimum Gasteiger partial charge on any atom is -0.867 e. The average Bonchev–Trinajstić information content (AvgIpc) is 2.78. The summed E-state index contributed by atoms with van der Waals surface area (Å²) in [6, 6.07) is 13.6. The van der Waals surface area contributed by atoms with Crippen LogP contribution in [0.25, 0.3) is 11.5 Å². The fraction of sp³-hybridized carbons (Fsp3) is 0.0455. The number of Topliss-reactive ketones (excluding diaryl/α,β-unsaturated/α-hetero) is 1. The van der Waals surface area contributed by atoms with Crippen molar-refractivity contribution in [1.82, 2.24) is 0 Å². The van der Waals surface area contributed by atoms with Gasteiger partial charge in [0, 0.05) is 29.8 Å². The molecule has 0 radical (unpaired) electrons. The normalized spacial score (nSPS) is 15.0. The second kappa shape index (κ2) is 7.82. The SMILES string of the molecule is Cc1cc[n+](C2=C([O-])c3ccccc3C(=O)C2=NS(=O)(=O)c2ccc([N+](=O)[O-])cc2)cc1. The molecule has 10 heteroatoms. The number of carbonyl (C=O) groups excluding carboxylic acids is 1. The maximum absolute atomic E-state index is 13.2. The minimum absolute atomic E-state index is 0.0478. The molecule has 0 unspecified atom stereocenters. The first-order valence-corrected chi connectivity index (χ1v) is 10.8. The van der Waals surface area contributed by atoms with Crippen molar-refractivity contribution in [3.63, 3.8) is 0 Å². The molecule has 1 heterocycles. The number of rotatable bonds is 4. The van der Waals surface area contributed by atoms with E-state index in [2.05, 4.69) is 4.40 Å². The van der Waals surface area contributed by atoms with Crippen molar-refractivity contribution in [1.29, 1.82) is 0 Å². The Balaban J connectivity index is 1.93. The molecular weight excluding hydrogens is 434 g/mol. The number of allylic oxidation sites excluding steroid dienone is 1. The van der Waals surface area contributed by atoms with Crippen LogP contribution in [0, 0.1) is 17.0 Å². The average molecular weight is 449 g/mol. The maximum atomic E-state index is 13.2. The van der Waals surface area contributed by atoms with Crippen LogP contribution in [0.4, 0.5) is 5.69 Å². The van der Waals surface area contributed by atoms with E-state index in [0.29, 0.717) is 0 Å². The number of ketones is 1. The zero-order valence-corrected chi connectivity index (χ0v) is 17.4. The van der Waals surface area contributed by atoms with Crippen LogP contribution in [-0.2, 0) is 10.0 Å². The third kappa shape index (κ3) is 3.67. The summed E-state index contributed by atoms with van der Waals surface area (Å²) in [7, 11) is -4.45. The van der Waals surface area contributed by atoms with Crippen molar-refractivity contribution in [3.05, 3.63) is 99.9 Å². The zero-order valence-electron chi connectivity index (χ0n) is 16.6. The Kier molecular flexibility index (Phi) is 5.15. The van der Waals surface area contributed by atoms with E-state index in [1.807, 2.05) is 6.92 Å². The maximum Gasteiger partial charge on any atom is 0.283 e. The van der Waals surface area contributed by atoms with Gasteiger partial charge in [-0.05, 0) is 35.9 Å². The predicted molar refractivity (Wildman–Crippen MR) is 113 cm³/mol. The van der Waals surface area contributed by atoms with Crippen LogP contribution in [0.5, 0.6) is 0 Å². The number of nitro groups is 1. The summed E-state index contributed by atoms with van der Waals surface area (Å²) in [6.45, 7) is 1.84. The zero-order chi connectivity index (χ0) is 23.0. The first kappa shape index (κ1) is 21.1. The van der Waals surface area contributed by atoms with Gasteiger partial charge in [0.2, 0.25) is 11.5 Å². The van der Waals surface area contributed by atoms with E-state index in [0.717, 1.165) is 29.8 Å². The molecule has 9 nitrogen and oxygen atoms in total. The Labute approximate surface area is 182 Å². The summed E-state index contributed by atoms with van der Waals surface area (Å²) < 4.78 is 30.9. The number of sulfonamides is 1.